The average molecular weight is 432 g/mol. The Morgan fingerprint density at radius 3 is 2.77 bits per heavy atom. The summed E-state index contributed by atoms with van der Waals surface area (Å²) in [6.07, 6.45) is 0.423. The van der Waals surface area contributed by atoms with Crippen LogP contribution in [-0.4, -0.2) is 19.3 Å². The zero-order valence-electron chi connectivity index (χ0n) is 13.4. The number of allylic oxidation sites excluding steroid dienone is 1. The molecule has 2 aromatic rings. The molecule has 0 unspecified atom stereocenters. The molecule has 6 nitrogen and oxygen atoms in total. The summed E-state index contributed by atoms with van der Waals surface area (Å²) in [4.78, 5) is 0. The van der Waals surface area contributed by atoms with Crippen LogP contribution in [0.4, 0.5) is 0 Å². The predicted octanol–water partition coefficient (Wildman–Crippen LogP) is 3.38. The van der Waals surface area contributed by atoms with Crippen molar-refractivity contribution in [2.24, 2.45) is 0 Å². The molecule has 3 N–H and O–H groups in total. The lowest BCUT2D eigenvalue weighted by molar-refractivity contribution is 0.484. The lowest BCUT2D eigenvalue weighted by atomic mass is 10.2. The summed E-state index contributed by atoms with van der Waals surface area (Å²) in [6, 6.07) is 8.77. The van der Waals surface area contributed by atoms with Crippen LogP contribution in [0.1, 0.15) is 12.2 Å². The molecule has 0 saturated carbocycles. The molecule has 0 spiro atoms. The number of hydrogen-bond donors (Lipinski definition) is 3. The van der Waals surface area contributed by atoms with E-state index in [-0.39, 0.29) is 10.9 Å². The molecule has 0 fully saturated rings. The summed E-state index contributed by atoms with van der Waals surface area (Å²) in [6.45, 7) is 0.358. The highest BCUT2D eigenvalue weighted by atomic mass is 35.5. The van der Waals surface area contributed by atoms with Crippen LogP contribution in [-0.2, 0) is 16.4 Å². The molecule has 1 aliphatic heterocycles. The molecule has 138 valence electrons. The van der Waals surface area contributed by atoms with Crippen LogP contribution < -0.4 is 16.2 Å². The minimum absolute atomic E-state index is 0.104. The molecule has 0 atom stereocenters. The monoisotopic (exact) mass is 431 g/mol. The maximum atomic E-state index is 11.4. The Bertz CT molecular complexity index is 971. The Morgan fingerprint density at radius 1 is 1.23 bits per heavy atom. The minimum Gasteiger partial charge on any atom is -0.460 e. The highest BCUT2D eigenvalue weighted by Gasteiger charge is 2.18. The highest BCUT2D eigenvalue weighted by molar-refractivity contribution is 7.94. The van der Waals surface area contributed by atoms with E-state index in [1.807, 2.05) is 6.07 Å². The zero-order chi connectivity index (χ0) is 18.7. The third-order valence-corrected chi connectivity index (χ3v) is 5.76. The quantitative estimate of drug-likeness (QED) is 0.494. The molecule has 26 heavy (non-hydrogen) atoms. The second-order valence-corrected chi connectivity index (χ2v) is 8.80. The normalized spacial score (nSPS) is 15.5. The van der Waals surface area contributed by atoms with Crippen molar-refractivity contribution in [3.63, 3.8) is 0 Å². The Labute approximate surface area is 166 Å². The molecule has 2 heterocycles. The van der Waals surface area contributed by atoms with Crippen LogP contribution in [0.5, 0.6) is 0 Å². The SMILES string of the molecule is O=S1(=O)C=C(NC(=S)NNCc2ccc(-c3cc(Cl)ccc3Cl)o2)CC1. The van der Waals surface area contributed by atoms with Crippen molar-refractivity contribution in [3.05, 3.63) is 57.2 Å². The summed E-state index contributed by atoms with van der Waals surface area (Å²) in [5.41, 5.74) is 6.97. The van der Waals surface area contributed by atoms with Crippen LogP contribution in [0.3, 0.4) is 0 Å². The summed E-state index contributed by atoms with van der Waals surface area (Å²) in [5.74, 6) is 1.37. The van der Waals surface area contributed by atoms with Crippen molar-refractivity contribution in [2.75, 3.05) is 5.75 Å². The van der Waals surface area contributed by atoms with Crippen LogP contribution in [0.2, 0.25) is 10.0 Å². The van der Waals surface area contributed by atoms with Crippen LogP contribution in [0.15, 0.2) is 45.9 Å². The lowest BCUT2D eigenvalue weighted by Gasteiger charge is -2.10. The Hall–Kier alpha value is -1.58. The van der Waals surface area contributed by atoms with Gasteiger partial charge in [0.1, 0.15) is 11.5 Å². The van der Waals surface area contributed by atoms with E-state index in [9.17, 15) is 8.42 Å². The van der Waals surface area contributed by atoms with Crippen molar-refractivity contribution in [1.82, 2.24) is 16.2 Å². The molecule has 0 bridgehead atoms. The Morgan fingerprint density at radius 2 is 2.04 bits per heavy atom. The van der Waals surface area contributed by atoms with E-state index in [4.69, 9.17) is 39.8 Å². The van der Waals surface area contributed by atoms with Gasteiger partial charge in [0.25, 0.3) is 0 Å². The topological polar surface area (TPSA) is 83.4 Å². The highest BCUT2D eigenvalue weighted by Crippen LogP contribution is 2.31. The van der Waals surface area contributed by atoms with Gasteiger partial charge in [-0.2, -0.15) is 0 Å². The van der Waals surface area contributed by atoms with Gasteiger partial charge in [0, 0.05) is 22.7 Å². The van der Waals surface area contributed by atoms with Gasteiger partial charge < -0.3 is 9.73 Å². The van der Waals surface area contributed by atoms with E-state index >= 15 is 0 Å². The third kappa shape index (κ3) is 4.99. The van der Waals surface area contributed by atoms with Crippen LogP contribution >= 0.6 is 35.4 Å². The molecular weight excluding hydrogens is 417 g/mol. The van der Waals surface area contributed by atoms with Gasteiger partial charge in [0.2, 0.25) is 0 Å². The van der Waals surface area contributed by atoms with Gasteiger partial charge in [-0.15, -0.1) is 0 Å². The molecule has 1 aromatic heterocycles. The number of benzene rings is 1. The van der Waals surface area contributed by atoms with Crippen molar-refractivity contribution >= 4 is 50.4 Å². The number of nitrogens with one attached hydrogen (secondary N) is 3. The number of hydrogen-bond acceptors (Lipinski definition) is 5. The minimum atomic E-state index is -3.10. The van der Waals surface area contributed by atoms with E-state index < -0.39 is 9.84 Å². The van der Waals surface area contributed by atoms with E-state index in [0.29, 0.717) is 45.8 Å². The molecule has 0 saturated heterocycles. The average Bonchev–Trinajstić information content (AvgIpc) is 3.16. The first kappa shape index (κ1) is 19.2. The molecule has 0 radical (unpaired) electrons. The first-order valence-corrected chi connectivity index (χ1v) is 10.5. The van der Waals surface area contributed by atoms with Gasteiger partial charge in [-0.25, -0.2) is 13.8 Å². The maximum absolute atomic E-state index is 11.4. The molecule has 0 aliphatic carbocycles. The number of thiocarbonyl (C=S) groups is 1. The van der Waals surface area contributed by atoms with Gasteiger partial charge in [-0.05, 0) is 42.5 Å². The summed E-state index contributed by atoms with van der Waals surface area (Å²) < 4.78 is 28.5. The Kier molecular flexibility index (Phi) is 5.89. The van der Waals surface area contributed by atoms with Crippen molar-refractivity contribution < 1.29 is 12.8 Å². The summed E-state index contributed by atoms with van der Waals surface area (Å²) >= 11 is 17.3. The Balaban J connectivity index is 1.52. The fraction of sp³-hybridized carbons (Fsp3) is 0.188. The second-order valence-electron chi connectivity index (χ2n) is 5.58. The van der Waals surface area contributed by atoms with Gasteiger partial charge in [-0.3, -0.25) is 5.43 Å². The zero-order valence-corrected chi connectivity index (χ0v) is 16.5. The van der Waals surface area contributed by atoms with Gasteiger partial charge in [0.05, 0.1) is 22.7 Å². The molecule has 10 heteroatoms. The lowest BCUT2D eigenvalue weighted by Crippen LogP contribution is -2.43. The summed E-state index contributed by atoms with van der Waals surface area (Å²) in [5, 5.41) is 5.44. The maximum Gasteiger partial charge on any atom is 0.185 e. The summed E-state index contributed by atoms with van der Waals surface area (Å²) in [7, 11) is -3.10. The predicted molar refractivity (Wildman–Crippen MR) is 106 cm³/mol. The molecular formula is C16H15Cl2N3O3S2. The third-order valence-electron chi connectivity index (χ3n) is 3.57. The number of halogens is 2. The largest absolute Gasteiger partial charge is 0.460 e. The number of sulfone groups is 1. The molecule has 3 rings (SSSR count). The van der Waals surface area contributed by atoms with Crippen molar-refractivity contribution in [2.45, 2.75) is 13.0 Å². The fourth-order valence-corrected chi connectivity index (χ4v) is 4.19. The van der Waals surface area contributed by atoms with E-state index in [0.717, 1.165) is 0 Å². The molecule has 1 aromatic carbocycles. The molecule has 1 aliphatic rings. The van der Waals surface area contributed by atoms with Crippen LogP contribution in [0.25, 0.3) is 11.3 Å². The number of furan rings is 1. The first-order valence-electron chi connectivity index (χ1n) is 7.60. The van der Waals surface area contributed by atoms with Crippen molar-refractivity contribution in [1.29, 1.82) is 0 Å². The van der Waals surface area contributed by atoms with E-state index in [2.05, 4.69) is 16.2 Å². The van der Waals surface area contributed by atoms with Gasteiger partial charge >= 0.3 is 0 Å². The van der Waals surface area contributed by atoms with E-state index in [1.54, 1.807) is 24.3 Å². The van der Waals surface area contributed by atoms with E-state index in [1.165, 1.54) is 5.41 Å². The smallest absolute Gasteiger partial charge is 0.185 e. The van der Waals surface area contributed by atoms with Gasteiger partial charge in [-0.1, -0.05) is 23.2 Å². The molecule has 0 amide bonds. The first-order chi connectivity index (χ1) is 12.3. The fourth-order valence-electron chi connectivity index (χ4n) is 2.37. The van der Waals surface area contributed by atoms with Crippen LogP contribution in [0, 0.1) is 0 Å². The number of hydrazine groups is 1. The second kappa shape index (κ2) is 7.98. The van der Waals surface area contributed by atoms with Crippen molar-refractivity contribution in [3.8, 4) is 11.3 Å². The number of rotatable bonds is 5. The standard InChI is InChI=1S/C16H15Cl2N3O3S2/c17-10-1-3-14(18)13(7-10)15-4-2-12(24-15)8-19-21-16(25)20-11-5-6-26(22,23)9-11/h1-4,7,9,19H,5-6,8H2,(H2,20,21,25). The van der Waals surface area contributed by atoms with Gasteiger partial charge in [0.15, 0.2) is 14.9 Å².